The molecule has 0 saturated carbocycles. The molecule has 7 nitrogen and oxygen atoms in total. The van der Waals surface area contributed by atoms with Crippen molar-refractivity contribution in [1.82, 2.24) is 4.90 Å². The lowest BCUT2D eigenvalue weighted by molar-refractivity contribution is -0.140. The first kappa shape index (κ1) is 15.8. The van der Waals surface area contributed by atoms with Crippen LogP contribution >= 0.6 is 0 Å². The van der Waals surface area contributed by atoms with E-state index in [1.54, 1.807) is 0 Å². The Morgan fingerprint density at radius 3 is 2.73 bits per heavy atom. The fraction of sp³-hybridized carbons (Fsp3) is 0.400. The van der Waals surface area contributed by atoms with Crippen LogP contribution in [0.2, 0.25) is 0 Å². The van der Waals surface area contributed by atoms with E-state index in [1.807, 2.05) is 30.3 Å². The van der Waals surface area contributed by atoms with Gasteiger partial charge in [0.05, 0.1) is 0 Å². The van der Waals surface area contributed by atoms with Crippen molar-refractivity contribution in [2.24, 2.45) is 0 Å². The lowest BCUT2D eigenvalue weighted by Gasteiger charge is -2.19. The average Bonchev–Trinajstić information content (AvgIpc) is 2.87. The van der Waals surface area contributed by atoms with E-state index in [0.29, 0.717) is 0 Å². The molecule has 1 aliphatic rings. The summed E-state index contributed by atoms with van der Waals surface area (Å²) in [6, 6.07) is 8.40. The Morgan fingerprint density at radius 2 is 2.05 bits per heavy atom. The van der Waals surface area contributed by atoms with Crippen LogP contribution in [0, 0.1) is 0 Å². The number of hydrogen-bond acceptors (Lipinski definition) is 5. The zero-order valence-electron chi connectivity index (χ0n) is 11.9. The molecule has 0 aliphatic carbocycles. The molecule has 7 heteroatoms. The predicted molar refractivity (Wildman–Crippen MR) is 74.7 cm³/mol. The third kappa shape index (κ3) is 4.21. The average molecular weight is 307 g/mol. The predicted octanol–water partition coefficient (Wildman–Crippen LogP) is 1.76. The van der Waals surface area contributed by atoms with Gasteiger partial charge in [-0.1, -0.05) is 30.3 Å². The highest BCUT2D eigenvalue weighted by atomic mass is 16.6. The standard InChI is InChI=1S/C15H17NO6/c17-13(18)8-4-7-12-14(19)22-10-16(12)15(20)21-9-11-5-2-1-3-6-11/h1-3,5-6,12H,4,7-10H2,(H,17,18)/t12-/m1/s1. The summed E-state index contributed by atoms with van der Waals surface area (Å²) in [5, 5.41) is 8.62. The molecule has 1 saturated heterocycles. The SMILES string of the molecule is O=C(O)CCC[C@@H]1C(=O)OCN1C(=O)OCc1ccccc1. The Labute approximate surface area is 127 Å². The molecule has 1 amide bonds. The maximum Gasteiger partial charge on any atom is 0.413 e. The maximum absolute atomic E-state index is 12.0. The summed E-state index contributed by atoms with van der Waals surface area (Å²) in [7, 11) is 0. The van der Waals surface area contributed by atoms with Crippen molar-refractivity contribution in [3.8, 4) is 0 Å². The van der Waals surface area contributed by atoms with Gasteiger partial charge in [0.1, 0.15) is 12.6 Å². The molecule has 1 heterocycles. The summed E-state index contributed by atoms with van der Waals surface area (Å²) in [6.45, 7) is -0.0591. The Morgan fingerprint density at radius 1 is 1.32 bits per heavy atom. The largest absolute Gasteiger partial charge is 0.481 e. The molecule has 0 unspecified atom stereocenters. The van der Waals surface area contributed by atoms with E-state index in [-0.39, 0.29) is 32.6 Å². The highest BCUT2D eigenvalue weighted by Crippen LogP contribution is 2.19. The Bertz CT molecular complexity index is 544. The van der Waals surface area contributed by atoms with Crippen molar-refractivity contribution < 1.29 is 29.0 Å². The minimum Gasteiger partial charge on any atom is -0.481 e. The number of aliphatic carboxylic acids is 1. The van der Waals surface area contributed by atoms with Crippen molar-refractivity contribution in [1.29, 1.82) is 0 Å². The lowest BCUT2D eigenvalue weighted by Crippen LogP contribution is -2.38. The molecular formula is C15H17NO6. The van der Waals surface area contributed by atoms with Crippen LogP contribution in [0.25, 0.3) is 0 Å². The molecular weight excluding hydrogens is 290 g/mol. The summed E-state index contributed by atoms with van der Waals surface area (Å²) in [5.41, 5.74) is 0.838. The van der Waals surface area contributed by atoms with Gasteiger partial charge in [0, 0.05) is 6.42 Å². The number of esters is 1. The Hall–Kier alpha value is -2.57. The van der Waals surface area contributed by atoms with E-state index in [4.69, 9.17) is 14.6 Å². The van der Waals surface area contributed by atoms with Crippen molar-refractivity contribution in [2.75, 3.05) is 6.73 Å². The minimum absolute atomic E-state index is 0.0588. The van der Waals surface area contributed by atoms with E-state index >= 15 is 0 Å². The van der Waals surface area contributed by atoms with E-state index in [0.717, 1.165) is 5.56 Å². The van der Waals surface area contributed by atoms with Gasteiger partial charge in [-0.15, -0.1) is 0 Å². The van der Waals surface area contributed by atoms with Gasteiger partial charge < -0.3 is 14.6 Å². The van der Waals surface area contributed by atoms with Crippen molar-refractivity contribution in [3.05, 3.63) is 35.9 Å². The van der Waals surface area contributed by atoms with E-state index in [2.05, 4.69) is 0 Å². The minimum atomic E-state index is -0.940. The molecule has 1 aromatic rings. The Balaban J connectivity index is 1.87. The molecule has 1 N–H and O–H groups in total. The Kier molecular flexibility index (Phi) is 5.35. The normalized spacial score (nSPS) is 17.2. The fourth-order valence-corrected chi connectivity index (χ4v) is 2.15. The van der Waals surface area contributed by atoms with Crippen molar-refractivity contribution in [3.63, 3.8) is 0 Å². The van der Waals surface area contributed by atoms with Gasteiger partial charge in [-0.25, -0.2) is 9.59 Å². The quantitative estimate of drug-likeness (QED) is 0.805. The fourth-order valence-electron chi connectivity index (χ4n) is 2.15. The van der Waals surface area contributed by atoms with Crippen LogP contribution in [-0.2, 0) is 25.7 Å². The van der Waals surface area contributed by atoms with Crippen LogP contribution in [0.3, 0.4) is 0 Å². The molecule has 0 bridgehead atoms. The summed E-state index contributed by atoms with van der Waals surface area (Å²) < 4.78 is 10.0. The van der Waals surface area contributed by atoms with Gasteiger partial charge in [-0.2, -0.15) is 0 Å². The molecule has 0 aromatic heterocycles. The third-order valence-electron chi connectivity index (χ3n) is 3.30. The molecule has 1 aliphatic heterocycles. The highest BCUT2D eigenvalue weighted by Gasteiger charge is 2.38. The number of carboxylic acid groups (broad SMARTS) is 1. The zero-order valence-corrected chi connectivity index (χ0v) is 11.9. The number of cyclic esters (lactones) is 1. The number of ether oxygens (including phenoxy) is 2. The summed E-state index contributed by atoms with van der Waals surface area (Å²) in [6.07, 6.45) is -0.171. The van der Waals surface area contributed by atoms with Gasteiger partial charge >= 0.3 is 18.0 Å². The molecule has 118 valence electrons. The first-order valence-corrected chi connectivity index (χ1v) is 6.93. The van der Waals surface area contributed by atoms with Gasteiger partial charge in [0.15, 0.2) is 6.73 Å². The number of rotatable bonds is 6. The van der Waals surface area contributed by atoms with Crippen LogP contribution in [0.5, 0.6) is 0 Å². The van der Waals surface area contributed by atoms with Gasteiger partial charge in [-0.3, -0.25) is 9.69 Å². The van der Waals surface area contributed by atoms with Crippen LogP contribution in [-0.4, -0.2) is 40.8 Å². The van der Waals surface area contributed by atoms with Crippen LogP contribution in [0.15, 0.2) is 30.3 Å². The number of carbonyl (C=O) groups is 3. The topological polar surface area (TPSA) is 93.1 Å². The maximum atomic E-state index is 12.0. The molecule has 0 spiro atoms. The molecule has 1 atom stereocenters. The third-order valence-corrected chi connectivity index (χ3v) is 3.30. The molecule has 1 aromatic carbocycles. The number of carboxylic acids is 1. The van der Waals surface area contributed by atoms with Crippen LogP contribution in [0.1, 0.15) is 24.8 Å². The monoisotopic (exact) mass is 307 g/mol. The van der Waals surface area contributed by atoms with Gasteiger partial charge in [0.25, 0.3) is 0 Å². The number of benzene rings is 1. The van der Waals surface area contributed by atoms with Crippen LogP contribution < -0.4 is 0 Å². The molecule has 22 heavy (non-hydrogen) atoms. The zero-order chi connectivity index (χ0) is 15.9. The van der Waals surface area contributed by atoms with E-state index in [1.165, 1.54) is 4.90 Å². The molecule has 0 radical (unpaired) electrons. The van der Waals surface area contributed by atoms with Gasteiger partial charge in [0.2, 0.25) is 0 Å². The highest BCUT2D eigenvalue weighted by molar-refractivity contribution is 5.83. The lowest BCUT2D eigenvalue weighted by atomic mass is 10.1. The van der Waals surface area contributed by atoms with E-state index < -0.39 is 24.1 Å². The number of amides is 1. The molecule has 2 rings (SSSR count). The smallest absolute Gasteiger partial charge is 0.413 e. The number of hydrogen-bond donors (Lipinski definition) is 1. The first-order valence-electron chi connectivity index (χ1n) is 6.93. The number of nitrogens with zero attached hydrogens (tertiary/aromatic N) is 1. The molecule has 1 fully saturated rings. The van der Waals surface area contributed by atoms with E-state index in [9.17, 15) is 14.4 Å². The second-order valence-corrected chi connectivity index (χ2v) is 4.90. The second-order valence-electron chi connectivity index (χ2n) is 4.90. The first-order chi connectivity index (χ1) is 10.6. The van der Waals surface area contributed by atoms with Gasteiger partial charge in [-0.05, 0) is 18.4 Å². The summed E-state index contributed by atoms with van der Waals surface area (Å²) >= 11 is 0. The van der Waals surface area contributed by atoms with Crippen molar-refractivity contribution >= 4 is 18.0 Å². The summed E-state index contributed by atoms with van der Waals surface area (Å²) in [5.74, 6) is -1.47. The second kappa shape index (κ2) is 7.44. The van der Waals surface area contributed by atoms with Crippen LogP contribution in [0.4, 0.5) is 4.79 Å². The summed E-state index contributed by atoms with van der Waals surface area (Å²) in [4.78, 5) is 35.3. The van der Waals surface area contributed by atoms with Crippen molar-refractivity contribution in [2.45, 2.75) is 31.9 Å². The number of carbonyl (C=O) groups excluding carboxylic acids is 2.